The lowest BCUT2D eigenvalue weighted by Gasteiger charge is -2.23. The number of fused-ring (bicyclic) bond motifs is 1. The van der Waals surface area contributed by atoms with E-state index in [2.05, 4.69) is 21.6 Å². The molecule has 0 radical (unpaired) electrons. The van der Waals surface area contributed by atoms with Gasteiger partial charge in [0.2, 0.25) is 5.91 Å². The topological polar surface area (TPSA) is 59.8 Å². The number of carbonyl (C=O) groups is 1. The molecule has 1 amide bonds. The van der Waals surface area contributed by atoms with E-state index < -0.39 is 0 Å². The minimum Gasteiger partial charge on any atom is -0.355 e. The number of rotatable bonds is 5. The Balaban J connectivity index is 1.48. The molecule has 134 valence electrons. The zero-order valence-corrected chi connectivity index (χ0v) is 15.0. The number of thiophene rings is 1. The molecule has 0 saturated heterocycles. The average Bonchev–Trinajstić information content (AvgIpc) is 3.31. The van der Waals surface area contributed by atoms with Gasteiger partial charge >= 0.3 is 0 Å². The van der Waals surface area contributed by atoms with Crippen LogP contribution in [-0.4, -0.2) is 27.2 Å². The molecule has 0 saturated carbocycles. The zero-order chi connectivity index (χ0) is 17.9. The number of hydrogen-bond donors (Lipinski definition) is 1. The summed E-state index contributed by atoms with van der Waals surface area (Å²) in [6.45, 7) is 1.39. The maximum absolute atomic E-state index is 13.2. The average molecular weight is 370 g/mol. The smallest absolute Gasteiger partial charge is 0.230 e. The van der Waals surface area contributed by atoms with E-state index in [4.69, 9.17) is 0 Å². The number of hydrogen-bond acceptors (Lipinski definition) is 4. The molecule has 4 rings (SSSR count). The molecule has 5 nitrogen and oxygen atoms in total. The molecule has 1 aliphatic heterocycles. The van der Waals surface area contributed by atoms with Crippen molar-refractivity contribution in [3.05, 3.63) is 58.3 Å². The van der Waals surface area contributed by atoms with Crippen molar-refractivity contribution in [2.45, 2.75) is 31.7 Å². The predicted octanol–water partition coefficient (Wildman–Crippen LogP) is 3.38. The third-order valence-electron chi connectivity index (χ3n) is 4.64. The highest BCUT2D eigenvalue weighted by atomic mass is 32.1. The lowest BCUT2D eigenvalue weighted by atomic mass is 9.97. The van der Waals surface area contributed by atoms with Crippen LogP contribution in [0.4, 0.5) is 4.39 Å². The fourth-order valence-electron chi connectivity index (χ4n) is 3.32. The van der Waals surface area contributed by atoms with Gasteiger partial charge in [-0.25, -0.2) is 4.39 Å². The quantitative estimate of drug-likeness (QED) is 0.749. The minimum atomic E-state index is -0.284. The molecule has 1 atom stereocenters. The van der Waals surface area contributed by atoms with Gasteiger partial charge in [-0.05, 0) is 55.0 Å². The number of nitrogens with one attached hydrogen (secondary N) is 1. The van der Waals surface area contributed by atoms with Crippen molar-refractivity contribution in [2.24, 2.45) is 0 Å². The first-order valence-corrected chi connectivity index (χ1v) is 9.59. The van der Waals surface area contributed by atoms with Crippen LogP contribution < -0.4 is 5.32 Å². The Morgan fingerprint density at radius 2 is 2.12 bits per heavy atom. The number of aromatic nitrogens is 3. The van der Waals surface area contributed by atoms with Gasteiger partial charge in [0.05, 0.1) is 5.92 Å². The van der Waals surface area contributed by atoms with Gasteiger partial charge in [0.25, 0.3) is 0 Å². The maximum atomic E-state index is 13.2. The molecule has 2 aromatic heterocycles. The largest absolute Gasteiger partial charge is 0.355 e. The minimum absolute atomic E-state index is 0.000521. The van der Waals surface area contributed by atoms with Gasteiger partial charge in [-0.1, -0.05) is 6.07 Å². The van der Waals surface area contributed by atoms with E-state index >= 15 is 0 Å². The van der Waals surface area contributed by atoms with E-state index in [0.717, 1.165) is 31.4 Å². The van der Waals surface area contributed by atoms with Gasteiger partial charge in [0, 0.05) is 23.5 Å². The fraction of sp³-hybridized carbons (Fsp3) is 0.316. The number of nitrogens with zero attached hydrogens (tertiary/aromatic N) is 3. The first-order chi connectivity index (χ1) is 12.7. The Morgan fingerprint density at radius 3 is 2.88 bits per heavy atom. The lowest BCUT2D eigenvalue weighted by Crippen LogP contribution is -2.34. The van der Waals surface area contributed by atoms with E-state index in [1.807, 2.05) is 16.0 Å². The highest BCUT2D eigenvalue weighted by molar-refractivity contribution is 7.09. The predicted molar refractivity (Wildman–Crippen MR) is 98.4 cm³/mol. The summed E-state index contributed by atoms with van der Waals surface area (Å²) in [6.07, 6.45) is 2.50. The molecule has 1 unspecified atom stereocenters. The summed E-state index contributed by atoms with van der Waals surface area (Å²) in [7, 11) is 0. The summed E-state index contributed by atoms with van der Waals surface area (Å²) < 4.78 is 15.1. The second-order valence-electron chi connectivity index (χ2n) is 6.36. The Kier molecular flexibility index (Phi) is 4.79. The van der Waals surface area contributed by atoms with Gasteiger partial charge < -0.3 is 9.88 Å². The van der Waals surface area contributed by atoms with Crippen molar-refractivity contribution in [2.75, 3.05) is 6.54 Å². The van der Waals surface area contributed by atoms with Crippen molar-refractivity contribution >= 4 is 17.2 Å². The SMILES string of the molecule is O=C(NCCc1cccs1)C1CCCn2c(-c3ccc(F)cc3)nnc21. The third-order valence-corrected chi connectivity index (χ3v) is 5.57. The van der Waals surface area contributed by atoms with Crippen LogP contribution in [0, 0.1) is 5.82 Å². The normalized spacial score (nSPS) is 16.3. The highest BCUT2D eigenvalue weighted by Crippen LogP contribution is 2.30. The van der Waals surface area contributed by atoms with E-state index in [1.54, 1.807) is 23.5 Å². The Labute approximate surface area is 154 Å². The molecule has 26 heavy (non-hydrogen) atoms. The fourth-order valence-corrected chi connectivity index (χ4v) is 4.03. The molecule has 0 bridgehead atoms. The van der Waals surface area contributed by atoms with Crippen LogP contribution in [-0.2, 0) is 17.8 Å². The summed E-state index contributed by atoms with van der Waals surface area (Å²) in [6, 6.07) is 10.3. The van der Waals surface area contributed by atoms with E-state index in [0.29, 0.717) is 18.2 Å². The molecular weight excluding hydrogens is 351 g/mol. The zero-order valence-electron chi connectivity index (χ0n) is 14.2. The van der Waals surface area contributed by atoms with E-state index in [1.165, 1.54) is 17.0 Å². The van der Waals surface area contributed by atoms with Crippen LogP contribution in [0.2, 0.25) is 0 Å². The van der Waals surface area contributed by atoms with Crippen LogP contribution in [0.25, 0.3) is 11.4 Å². The summed E-state index contributed by atoms with van der Waals surface area (Å²) in [5.74, 6) is 0.824. The number of amides is 1. The summed E-state index contributed by atoms with van der Waals surface area (Å²) in [5.41, 5.74) is 0.809. The van der Waals surface area contributed by atoms with Crippen LogP contribution in [0.3, 0.4) is 0 Å². The first kappa shape index (κ1) is 16.9. The van der Waals surface area contributed by atoms with Gasteiger partial charge in [-0.2, -0.15) is 0 Å². The van der Waals surface area contributed by atoms with Crippen LogP contribution >= 0.6 is 11.3 Å². The molecule has 3 aromatic rings. The molecule has 7 heteroatoms. The van der Waals surface area contributed by atoms with Gasteiger partial charge in [0.15, 0.2) is 5.82 Å². The Hall–Kier alpha value is -2.54. The number of halogens is 1. The molecule has 1 aromatic carbocycles. The van der Waals surface area contributed by atoms with Gasteiger partial charge in [-0.3, -0.25) is 4.79 Å². The third kappa shape index (κ3) is 3.39. The molecule has 1 N–H and O–H groups in total. The molecule has 1 aliphatic rings. The molecular formula is C19H19FN4OS. The number of carbonyl (C=O) groups excluding carboxylic acids is 1. The Bertz CT molecular complexity index is 889. The van der Waals surface area contributed by atoms with Crippen molar-refractivity contribution in [3.8, 4) is 11.4 Å². The van der Waals surface area contributed by atoms with Crippen LogP contribution in [0.5, 0.6) is 0 Å². The maximum Gasteiger partial charge on any atom is 0.230 e. The molecule has 0 fully saturated rings. The molecule has 0 spiro atoms. The molecule has 3 heterocycles. The standard InChI is InChI=1S/C19H19FN4OS/c20-14-7-5-13(6-8-14)17-22-23-18-16(4-1-11-24(17)18)19(25)21-10-9-15-3-2-12-26-15/h2-3,5-8,12,16H,1,4,9-11H2,(H,21,25). The molecule has 0 aliphatic carbocycles. The number of benzene rings is 1. The van der Waals surface area contributed by atoms with Gasteiger partial charge in [-0.15, -0.1) is 21.5 Å². The van der Waals surface area contributed by atoms with Crippen molar-refractivity contribution in [3.63, 3.8) is 0 Å². The van der Waals surface area contributed by atoms with Crippen molar-refractivity contribution in [1.82, 2.24) is 20.1 Å². The van der Waals surface area contributed by atoms with Crippen LogP contribution in [0.15, 0.2) is 41.8 Å². The lowest BCUT2D eigenvalue weighted by molar-refractivity contribution is -0.123. The van der Waals surface area contributed by atoms with Crippen molar-refractivity contribution < 1.29 is 9.18 Å². The van der Waals surface area contributed by atoms with Crippen LogP contribution in [0.1, 0.15) is 29.5 Å². The van der Waals surface area contributed by atoms with Gasteiger partial charge in [0.1, 0.15) is 11.6 Å². The Morgan fingerprint density at radius 1 is 1.27 bits per heavy atom. The first-order valence-electron chi connectivity index (χ1n) is 8.71. The summed E-state index contributed by atoms with van der Waals surface area (Å²) in [4.78, 5) is 13.9. The summed E-state index contributed by atoms with van der Waals surface area (Å²) >= 11 is 1.70. The van der Waals surface area contributed by atoms with E-state index in [-0.39, 0.29) is 17.6 Å². The second-order valence-corrected chi connectivity index (χ2v) is 7.39. The monoisotopic (exact) mass is 370 g/mol. The van der Waals surface area contributed by atoms with Crippen molar-refractivity contribution in [1.29, 1.82) is 0 Å². The highest BCUT2D eigenvalue weighted by Gasteiger charge is 2.30. The van der Waals surface area contributed by atoms with E-state index in [9.17, 15) is 9.18 Å². The second kappa shape index (κ2) is 7.37. The summed E-state index contributed by atoms with van der Waals surface area (Å²) in [5, 5.41) is 13.6.